The van der Waals surface area contributed by atoms with Crippen molar-refractivity contribution in [3.8, 4) is 0 Å². The lowest BCUT2D eigenvalue weighted by Gasteiger charge is -2.51. The molecule has 1 aromatic rings. The van der Waals surface area contributed by atoms with E-state index in [2.05, 4.69) is 0 Å². The lowest BCUT2D eigenvalue weighted by atomic mass is 10.0. The Hall–Kier alpha value is -1.15. The summed E-state index contributed by atoms with van der Waals surface area (Å²) in [4.78, 5) is 14.6. The van der Waals surface area contributed by atoms with Crippen LogP contribution in [0.2, 0.25) is 0 Å². The van der Waals surface area contributed by atoms with E-state index >= 15 is 0 Å². The fourth-order valence-corrected chi connectivity index (χ4v) is 4.83. The van der Waals surface area contributed by atoms with Crippen LogP contribution in [0.5, 0.6) is 0 Å². The molecule has 2 rings (SSSR count). The molecule has 0 bridgehead atoms. The number of carbonyl (C=O) groups is 1. The number of hydrogen-bond acceptors (Lipinski definition) is 6. The number of anilines is 1. The van der Waals surface area contributed by atoms with Crippen molar-refractivity contribution in [2.75, 3.05) is 44.5 Å². The summed E-state index contributed by atoms with van der Waals surface area (Å²) >= 11 is 3.24. The smallest absolute Gasteiger partial charge is 0.263 e. The summed E-state index contributed by atoms with van der Waals surface area (Å²) in [5, 5.41) is 0. The van der Waals surface area contributed by atoms with Gasteiger partial charge in [0.25, 0.3) is 5.91 Å². The van der Waals surface area contributed by atoms with E-state index in [1.54, 1.807) is 30.6 Å². The zero-order chi connectivity index (χ0) is 17.6. The summed E-state index contributed by atoms with van der Waals surface area (Å²) in [7, 11) is 1.62. The Morgan fingerprint density at radius 3 is 2.42 bits per heavy atom. The first-order valence-electron chi connectivity index (χ1n) is 7.53. The first kappa shape index (κ1) is 19.2. The van der Waals surface area contributed by atoms with Crippen molar-refractivity contribution < 1.29 is 19.0 Å². The van der Waals surface area contributed by atoms with E-state index < -0.39 is 4.20 Å². The Bertz CT molecular complexity index is 588. The maximum absolute atomic E-state index is 12.8. The maximum atomic E-state index is 12.8. The topological polar surface area (TPSA) is 48.0 Å². The van der Waals surface area contributed by atoms with Gasteiger partial charge in [0.15, 0.2) is 11.0 Å². The standard InChI is InChI=1S/C17H23NO4S2/c1-13(22-12-21-11-10-20-2)15-16(19)18(17(15,23-3)24-4)14-8-6-5-7-9-14/h5-9H,10-12H2,1-4H3/b15-13+. The van der Waals surface area contributed by atoms with Crippen LogP contribution in [0, 0.1) is 0 Å². The molecule has 1 saturated heterocycles. The predicted octanol–water partition coefficient (Wildman–Crippen LogP) is 3.32. The zero-order valence-electron chi connectivity index (χ0n) is 14.4. The van der Waals surface area contributed by atoms with Crippen LogP contribution >= 0.6 is 23.5 Å². The van der Waals surface area contributed by atoms with Crippen molar-refractivity contribution in [1.29, 1.82) is 0 Å². The van der Waals surface area contributed by atoms with Crippen molar-refractivity contribution in [2.45, 2.75) is 11.1 Å². The number of methoxy groups -OCH3 is 1. The van der Waals surface area contributed by atoms with Gasteiger partial charge >= 0.3 is 0 Å². The number of nitrogens with zero attached hydrogens (tertiary/aromatic N) is 1. The highest BCUT2D eigenvalue weighted by Gasteiger charge is 2.58. The van der Waals surface area contributed by atoms with Crippen molar-refractivity contribution >= 4 is 35.1 Å². The molecule has 1 fully saturated rings. The molecule has 1 aliphatic heterocycles. The Morgan fingerprint density at radius 1 is 1.17 bits per heavy atom. The van der Waals surface area contributed by atoms with Crippen molar-refractivity contribution in [3.63, 3.8) is 0 Å². The lowest BCUT2D eigenvalue weighted by Crippen LogP contribution is -2.62. The predicted molar refractivity (Wildman–Crippen MR) is 100 cm³/mol. The van der Waals surface area contributed by atoms with Gasteiger partial charge in [0.05, 0.1) is 13.2 Å². The minimum Gasteiger partial charge on any atom is -0.472 e. The average Bonchev–Trinajstić information content (AvgIpc) is 2.60. The van der Waals surface area contributed by atoms with Gasteiger partial charge in [-0.25, -0.2) is 0 Å². The highest BCUT2D eigenvalue weighted by Crippen LogP contribution is 2.55. The number of thioether (sulfide) groups is 2. The third-order valence-electron chi connectivity index (χ3n) is 3.74. The van der Waals surface area contributed by atoms with E-state index in [-0.39, 0.29) is 12.7 Å². The normalized spacial score (nSPS) is 18.3. The van der Waals surface area contributed by atoms with Crippen LogP contribution in [0.25, 0.3) is 0 Å². The van der Waals surface area contributed by atoms with Gasteiger partial charge in [-0.15, -0.1) is 23.5 Å². The molecule has 0 spiro atoms. The summed E-state index contributed by atoms with van der Waals surface area (Å²) in [5.41, 5.74) is 1.57. The van der Waals surface area contributed by atoms with Gasteiger partial charge in [-0.2, -0.15) is 0 Å². The first-order valence-corrected chi connectivity index (χ1v) is 9.98. The lowest BCUT2D eigenvalue weighted by molar-refractivity contribution is -0.119. The highest BCUT2D eigenvalue weighted by molar-refractivity contribution is 8.18. The van der Waals surface area contributed by atoms with Crippen LogP contribution in [-0.2, 0) is 19.0 Å². The van der Waals surface area contributed by atoms with E-state index in [0.29, 0.717) is 24.5 Å². The summed E-state index contributed by atoms with van der Waals surface area (Å²) in [6.07, 6.45) is 4.00. The fourth-order valence-electron chi connectivity index (χ4n) is 2.55. The van der Waals surface area contributed by atoms with E-state index in [9.17, 15) is 4.79 Å². The molecular weight excluding hydrogens is 346 g/mol. The second-order valence-electron chi connectivity index (χ2n) is 5.06. The van der Waals surface area contributed by atoms with Gasteiger partial charge < -0.3 is 14.2 Å². The molecule has 0 radical (unpaired) electrons. The van der Waals surface area contributed by atoms with Crippen LogP contribution in [0.3, 0.4) is 0 Å². The summed E-state index contributed by atoms with van der Waals surface area (Å²) < 4.78 is 15.4. The number of β-lactam (4-membered cyclic amide) rings is 1. The molecule has 1 amide bonds. The Labute approximate surface area is 151 Å². The summed E-state index contributed by atoms with van der Waals surface area (Å²) in [6, 6.07) is 9.70. The second kappa shape index (κ2) is 8.80. The number of carbonyl (C=O) groups excluding carboxylic acids is 1. The Morgan fingerprint density at radius 2 is 1.83 bits per heavy atom. The van der Waals surface area contributed by atoms with E-state index in [4.69, 9.17) is 14.2 Å². The maximum Gasteiger partial charge on any atom is 0.263 e. The van der Waals surface area contributed by atoms with Crippen LogP contribution < -0.4 is 4.90 Å². The van der Waals surface area contributed by atoms with Crippen molar-refractivity contribution in [3.05, 3.63) is 41.7 Å². The number of hydrogen-bond donors (Lipinski definition) is 0. The fraction of sp³-hybridized carbons (Fsp3) is 0.471. The Kier molecular flexibility index (Phi) is 7.03. The monoisotopic (exact) mass is 369 g/mol. The van der Waals surface area contributed by atoms with Gasteiger partial charge in [-0.3, -0.25) is 9.69 Å². The van der Waals surface area contributed by atoms with Gasteiger partial charge in [0, 0.05) is 12.8 Å². The molecule has 1 heterocycles. The van der Waals surface area contributed by atoms with Gasteiger partial charge in [-0.05, 0) is 31.6 Å². The number of allylic oxidation sites excluding steroid dienone is 1. The molecule has 7 heteroatoms. The largest absolute Gasteiger partial charge is 0.472 e. The minimum absolute atomic E-state index is 0.0284. The number of ether oxygens (including phenoxy) is 3. The molecule has 0 N–H and O–H groups in total. The molecule has 0 saturated carbocycles. The van der Waals surface area contributed by atoms with Crippen LogP contribution in [0.15, 0.2) is 41.7 Å². The van der Waals surface area contributed by atoms with Crippen molar-refractivity contribution in [2.24, 2.45) is 0 Å². The first-order chi connectivity index (χ1) is 11.6. The number of para-hydroxylation sites is 1. The molecular formula is C17H23NO4S2. The van der Waals surface area contributed by atoms with Crippen LogP contribution in [0.4, 0.5) is 5.69 Å². The van der Waals surface area contributed by atoms with E-state index in [1.807, 2.05) is 54.7 Å². The summed E-state index contributed by atoms with van der Waals surface area (Å²) in [6.45, 7) is 2.89. The summed E-state index contributed by atoms with van der Waals surface area (Å²) in [5.74, 6) is 0.576. The van der Waals surface area contributed by atoms with E-state index in [0.717, 1.165) is 5.69 Å². The molecule has 0 aromatic heterocycles. The quantitative estimate of drug-likeness (QED) is 0.219. The second-order valence-corrected chi connectivity index (χ2v) is 7.32. The third-order valence-corrected chi connectivity index (χ3v) is 6.62. The minimum atomic E-state index is -0.477. The number of rotatable bonds is 9. The molecule has 0 unspecified atom stereocenters. The van der Waals surface area contributed by atoms with Gasteiger partial charge in [-0.1, -0.05) is 18.2 Å². The van der Waals surface area contributed by atoms with Crippen molar-refractivity contribution in [1.82, 2.24) is 0 Å². The molecule has 1 aliphatic rings. The number of amides is 1. The van der Waals surface area contributed by atoms with Crippen LogP contribution in [-0.4, -0.2) is 49.7 Å². The van der Waals surface area contributed by atoms with Crippen LogP contribution in [0.1, 0.15) is 6.92 Å². The zero-order valence-corrected chi connectivity index (χ0v) is 16.0. The van der Waals surface area contributed by atoms with Gasteiger partial charge in [0.2, 0.25) is 0 Å². The SMILES string of the molecule is COCCOCO/C(C)=C1\C(=O)N(c2ccccc2)C1(SC)SC. The molecule has 0 atom stereocenters. The Balaban J connectivity index is 2.18. The highest BCUT2D eigenvalue weighted by atomic mass is 32.2. The molecule has 24 heavy (non-hydrogen) atoms. The molecule has 1 aromatic carbocycles. The average molecular weight is 370 g/mol. The van der Waals surface area contributed by atoms with E-state index in [1.165, 1.54) is 0 Å². The van der Waals surface area contributed by atoms with Gasteiger partial charge in [0.1, 0.15) is 11.3 Å². The third kappa shape index (κ3) is 3.59. The molecule has 5 nitrogen and oxygen atoms in total. The molecule has 132 valence electrons. The molecule has 0 aliphatic carbocycles. The number of benzene rings is 1.